The van der Waals surface area contributed by atoms with Gasteiger partial charge in [-0.05, 0) is 50.4 Å². The van der Waals surface area contributed by atoms with Gasteiger partial charge in [0.1, 0.15) is 5.60 Å². The van der Waals surface area contributed by atoms with Crippen molar-refractivity contribution in [3.63, 3.8) is 0 Å². The number of rotatable bonds is 3. The highest BCUT2D eigenvalue weighted by molar-refractivity contribution is 6.74. The van der Waals surface area contributed by atoms with E-state index in [1.165, 1.54) is 0 Å². The molecule has 146 valence electrons. The molecule has 0 saturated heterocycles. The number of hydrogen-bond donors (Lipinski definition) is 2. The molecule has 3 atom stereocenters. The number of Topliss-reactive ketones (excluding diaryl/α,β-unsaturated/α-hetero) is 1. The monoisotopic (exact) mass is 377 g/mol. The molecule has 0 heterocycles. The third kappa shape index (κ3) is 2.47. The van der Waals surface area contributed by atoms with Gasteiger partial charge in [-0.2, -0.15) is 0 Å². The highest BCUT2D eigenvalue weighted by Crippen LogP contribution is 2.65. The third-order valence-electron chi connectivity index (χ3n) is 7.83. The van der Waals surface area contributed by atoms with E-state index in [1.54, 1.807) is 6.92 Å². The quantitative estimate of drug-likeness (QED) is 0.735. The van der Waals surface area contributed by atoms with Crippen molar-refractivity contribution in [3.8, 4) is 0 Å². The number of carbonyl (C=O) groups excluding carboxylic acids is 1. The van der Waals surface area contributed by atoms with Crippen LogP contribution in [0, 0.1) is 10.8 Å². The van der Waals surface area contributed by atoms with E-state index in [1.807, 2.05) is 6.08 Å². The Balaban J connectivity index is 1.97. The summed E-state index contributed by atoms with van der Waals surface area (Å²) in [6, 6.07) is -0.264. The normalized spacial score (nSPS) is 36.5. The summed E-state index contributed by atoms with van der Waals surface area (Å²) in [4.78, 5) is 13.1. The van der Waals surface area contributed by atoms with Crippen molar-refractivity contribution in [1.29, 1.82) is 0 Å². The van der Waals surface area contributed by atoms with Crippen molar-refractivity contribution < 1.29 is 14.3 Å². The van der Waals surface area contributed by atoms with Gasteiger partial charge in [0.15, 0.2) is 14.1 Å². The van der Waals surface area contributed by atoms with Gasteiger partial charge in [-0.1, -0.05) is 39.3 Å². The Morgan fingerprint density at radius 1 is 1.31 bits per heavy atom. The highest BCUT2D eigenvalue weighted by atomic mass is 28.4. The Morgan fingerprint density at radius 2 is 1.85 bits per heavy atom. The Bertz CT molecular complexity index is 722. The number of nitrogens with two attached hydrogens (primary N) is 1. The van der Waals surface area contributed by atoms with Gasteiger partial charge in [-0.15, -0.1) is 0 Å². The van der Waals surface area contributed by atoms with Crippen LogP contribution in [0.5, 0.6) is 0 Å². The number of carbonyl (C=O) groups is 1. The molecule has 0 aromatic carbocycles. The molecule has 3 N–H and O–H groups in total. The molecule has 0 radical (unpaired) electrons. The first-order valence-electron chi connectivity index (χ1n) is 9.72. The molecular formula is C21H35NO3Si. The van der Waals surface area contributed by atoms with E-state index in [9.17, 15) is 9.90 Å². The molecule has 4 nitrogen and oxygen atoms in total. The summed E-state index contributed by atoms with van der Waals surface area (Å²) in [5.74, 6) is -0.165. The lowest BCUT2D eigenvalue weighted by Crippen LogP contribution is -2.51. The molecule has 26 heavy (non-hydrogen) atoms. The first-order chi connectivity index (χ1) is 11.6. The van der Waals surface area contributed by atoms with Crippen LogP contribution < -0.4 is 5.73 Å². The van der Waals surface area contributed by atoms with E-state index >= 15 is 0 Å². The molecule has 0 aliphatic heterocycles. The first kappa shape index (κ1) is 20.0. The molecule has 3 aliphatic rings. The summed E-state index contributed by atoms with van der Waals surface area (Å²) >= 11 is 0. The van der Waals surface area contributed by atoms with E-state index in [-0.39, 0.29) is 16.9 Å². The predicted molar refractivity (Wildman–Crippen MR) is 107 cm³/mol. The fraction of sp³-hybridized carbons (Fsp3) is 0.762. The molecule has 5 heteroatoms. The lowest BCUT2D eigenvalue weighted by Gasteiger charge is -2.41. The van der Waals surface area contributed by atoms with Gasteiger partial charge in [0.05, 0.1) is 0 Å². The molecule has 1 spiro atoms. The molecule has 0 amide bonds. The average Bonchev–Trinajstić information content (AvgIpc) is 3.26. The minimum Gasteiger partial charge on any atom is -0.416 e. The predicted octanol–water partition coefficient (Wildman–Crippen LogP) is 3.71. The Kier molecular flexibility index (Phi) is 4.15. The van der Waals surface area contributed by atoms with Crippen molar-refractivity contribution in [2.45, 2.75) is 84.2 Å². The summed E-state index contributed by atoms with van der Waals surface area (Å²) in [5.41, 5.74) is 7.23. The standard InChI is InChI=1S/C21H35NO3Si/c1-13-15-14(17(23)20(6,24)21(13)9-10-21)11-19(5,16(15)22)12-25-26(7,8)18(2,3)4/h11,16,24H,9-10,12,22H2,1-8H3/t16-,19-,20-/m0/s1. The topological polar surface area (TPSA) is 72.5 Å². The van der Waals surface area contributed by atoms with Crippen LogP contribution in [0.15, 0.2) is 22.8 Å². The second-order valence-corrected chi connectivity index (χ2v) is 15.4. The second-order valence-electron chi connectivity index (χ2n) is 10.6. The molecule has 0 unspecified atom stereocenters. The maximum Gasteiger partial charge on any atom is 0.194 e. The van der Waals surface area contributed by atoms with Crippen LogP contribution >= 0.6 is 0 Å². The zero-order valence-electron chi connectivity index (χ0n) is 17.6. The van der Waals surface area contributed by atoms with E-state index in [4.69, 9.17) is 10.2 Å². The van der Waals surface area contributed by atoms with Gasteiger partial charge in [-0.3, -0.25) is 4.79 Å². The van der Waals surface area contributed by atoms with Crippen molar-refractivity contribution in [2.24, 2.45) is 16.6 Å². The molecule has 0 bridgehead atoms. The summed E-state index contributed by atoms with van der Waals surface area (Å²) in [5, 5.41) is 11.1. The van der Waals surface area contributed by atoms with E-state index < -0.39 is 24.7 Å². The van der Waals surface area contributed by atoms with Crippen LogP contribution in [0.25, 0.3) is 0 Å². The van der Waals surface area contributed by atoms with Crippen molar-refractivity contribution in [1.82, 2.24) is 0 Å². The fourth-order valence-electron chi connectivity index (χ4n) is 4.39. The van der Waals surface area contributed by atoms with Gasteiger partial charge < -0.3 is 15.3 Å². The maximum atomic E-state index is 13.1. The summed E-state index contributed by atoms with van der Waals surface area (Å²) < 4.78 is 6.47. The lowest BCUT2D eigenvalue weighted by molar-refractivity contribution is -0.137. The van der Waals surface area contributed by atoms with E-state index in [0.29, 0.717) is 12.2 Å². The SMILES string of the molecule is CC1=C2C(=C[C@@](C)(CO[Si](C)(C)C(C)(C)C)[C@H]2N)C(=O)[C@](C)(O)C12CC2. The zero-order chi connectivity index (χ0) is 19.9. The molecule has 0 aromatic heterocycles. The van der Waals surface area contributed by atoms with Gasteiger partial charge in [0.25, 0.3) is 0 Å². The van der Waals surface area contributed by atoms with Crippen LogP contribution in [0.1, 0.15) is 54.4 Å². The van der Waals surface area contributed by atoms with Gasteiger partial charge in [0.2, 0.25) is 0 Å². The average molecular weight is 378 g/mol. The van der Waals surface area contributed by atoms with Crippen LogP contribution in [0.4, 0.5) is 0 Å². The molecule has 3 rings (SSSR count). The number of hydrogen-bond acceptors (Lipinski definition) is 4. The largest absolute Gasteiger partial charge is 0.416 e. The Labute approximate surface area is 159 Å². The molecule has 3 aliphatic carbocycles. The number of aliphatic hydroxyl groups is 1. The van der Waals surface area contributed by atoms with Gasteiger partial charge >= 0.3 is 0 Å². The highest BCUT2D eigenvalue weighted by Gasteiger charge is 2.66. The minimum atomic E-state index is -1.91. The smallest absolute Gasteiger partial charge is 0.194 e. The molecule has 1 fully saturated rings. The maximum absolute atomic E-state index is 13.1. The zero-order valence-corrected chi connectivity index (χ0v) is 18.6. The molecule has 0 aromatic rings. The molecule has 1 saturated carbocycles. The lowest BCUT2D eigenvalue weighted by atomic mass is 9.67. The van der Waals surface area contributed by atoms with E-state index in [2.05, 4.69) is 47.7 Å². The number of fused-ring (bicyclic) bond motifs is 1. The van der Waals surface area contributed by atoms with Gasteiger partial charge in [0, 0.05) is 29.1 Å². The van der Waals surface area contributed by atoms with E-state index in [0.717, 1.165) is 24.0 Å². The van der Waals surface area contributed by atoms with Gasteiger partial charge in [-0.25, -0.2) is 0 Å². The van der Waals surface area contributed by atoms with Crippen molar-refractivity contribution in [2.75, 3.05) is 6.61 Å². The van der Waals surface area contributed by atoms with Crippen LogP contribution in [-0.2, 0) is 9.22 Å². The molecular weight excluding hydrogens is 342 g/mol. The van der Waals surface area contributed by atoms with Crippen molar-refractivity contribution in [3.05, 3.63) is 22.8 Å². The Hall–Kier alpha value is -0.753. The first-order valence-corrected chi connectivity index (χ1v) is 12.6. The van der Waals surface area contributed by atoms with Crippen LogP contribution in [0.2, 0.25) is 18.1 Å². The fourth-order valence-corrected chi connectivity index (χ4v) is 5.50. The van der Waals surface area contributed by atoms with Crippen molar-refractivity contribution >= 4 is 14.1 Å². The Morgan fingerprint density at radius 3 is 2.31 bits per heavy atom. The van der Waals surface area contributed by atoms with Crippen LogP contribution in [-0.4, -0.2) is 37.5 Å². The minimum absolute atomic E-state index is 0.124. The second kappa shape index (κ2) is 5.40. The third-order valence-corrected chi connectivity index (χ3v) is 12.3. The number of ketones is 1. The summed E-state index contributed by atoms with van der Waals surface area (Å²) in [7, 11) is -1.91. The summed E-state index contributed by atoms with van der Waals surface area (Å²) in [6.07, 6.45) is 3.70. The summed E-state index contributed by atoms with van der Waals surface area (Å²) in [6.45, 7) is 17.4. The van der Waals surface area contributed by atoms with Crippen LogP contribution in [0.3, 0.4) is 0 Å².